The maximum atomic E-state index is 4.24. The summed E-state index contributed by atoms with van der Waals surface area (Å²) in [6.07, 6.45) is 5.38. The van der Waals surface area contributed by atoms with Crippen LogP contribution in [0.15, 0.2) is 0 Å². The minimum absolute atomic E-state index is 0.746. The van der Waals surface area contributed by atoms with Gasteiger partial charge >= 0.3 is 0 Å². The standard InChI is InChI=1S/C13H28N2S/c1-3-15-10-9-14(12-13(15)2)8-6-4-5-7-11-16/h13,16H,3-12H2,1-2H3. The smallest absolute Gasteiger partial charge is 0.0195 e. The highest BCUT2D eigenvalue weighted by molar-refractivity contribution is 7.80. The molecule has 0 N–H and O–H groups in total. The van der Waals surface area contributed by atoms with Crippen molar-refractivity contribution < 1.29 is 0 Å². The van der Waals surface area contributed by atoms with E-state index in [1.807, 2.05) is 0 Å². The van der Waals surface area contributed by atoms with Crippen LogP contribution in [-0.4, -0.2) is 54.3 Å². The molecule has 0 bridgehead atoms. The summed E-state index contributed by atoms with van der Waals surface area (Å²) in [5.41, 5.74) is 0. The summed E-state index contributed by atoms with van der Waals surface area (Å²) in [6.45, 7) is 10.9. The van der Waals surface area contributed by atoms with Gasteiger partial charge in [0.15, 0.2) is 0 Å². The van der Waals surface area contributed by atoms with Gasteiger partial charge < -0.3 is 4.90 Å². The summed E-state index contributed by atoms with van der Waals surface area (Å²) in [5.74, 6) is 1.05. The molecular weight excluding hydrogens is 216 g/mol. The van der Waals surface area contributed by atoms with E-state index in [4.69, 9.17) is 0 Å². The Hall–Kier alpha value is 0.270. The largest absolute Gasteiger partial charge is 0.301 e. The molecule has 96 valence electrons. The van der Waals surface area contributed by atoms with Crippen molar-refractivity contribution in [1.29, 1.82) is 0 Å². The Labute approximate surface area is 107 Å². The van der Waals surface area contributed by atoms with Gasteiger partial charge in [0.2, 0.25) is 0 Å². The Morgan fingerprint density at radius 1 is 1.12 bits per heavy atom. The summed E-state index contributed by atoms with van der Waals surface area (Å²) in [6, 6.07) is 0.746. The fourth-order valence-electron chi connectivity index (χ4n) is 2.54. The summed E-state index contributed by atoms with van der Waals surface area (Å²) < 4.78 is 0. The minimum atomic E-state index is 0.746. The Balaban J connectivity index is 2.06. The third kappa shape index (κ3) is 5.07. The zero-order chi connectivity index (χ0) is 11.8. The first-order valence-electron chi connectivity index (χ1n) is 6.85. The summed E-state index contributed by atoms with van der Waals surface area (Å²) in [7, 11) is 0. The molecule has 1 heterocycles. The number of rotatable bonds is 7. The molecule has 0 aliphatic carbocycles. The molecule has 1 fully saturated rings. The van der Waals surface area contributed by atoms with Gasteiger partial charge in [-0.25, -0.2) is 0 Å². The summed E-state index contributed by atoms with van der Waals surface area (Å²) in [4.78, 5) is 5.22. The first-order valence-corrected chi connectivity index (χ1v) is 7.48. The van der Waals surface area contributed by atoms with Gasteiger partial charge in [-0.1, -0.05) is 19.8 Å². The molecule has 0 aromatic rings. The van der Waals surface area contributed by atoms with E-state index >= 15 is 0 Å². The zero-order valence-electron chi connectivity index (χ0n) is 11.0. The van der Waals surface area contributed by atoms with E-state index in [1.54, 1.807) is 0 Å². The third-order valence-electron chi connectivity index (χ3n) is 3.64. The van der Waals surface area contributed by atoms with Crippen LogP contribution in [0.3, 0.4) is 0 Å². The molecule has 16 heavy (non-hydrogen) atoms. The highest BCUT2D eigenvalue weighted by Gasteiger charge is 2.21. The summed E-state index contributed by atoms with van der Waals surface area (Å²) in [5, 5.41) is 0. The molecule has 0 spiro atoms. The number of nitrogens with zero attached hydrogens (tertiary/aromatic N) is 2. The Morgan fingerprint density at radius 2 is 1.88 bits per heavy atom. The van der Waals surface area contributed by atoms with Crippen LogP contribution in [0.5, 0.6) is 0 Å². The molecule has 0 aromatic heterocycles. The lowest BCUT2D eigenvalue weighted by Crippen LogP contribution is -2.51. The fourth-order valence-corrected chi connectivity index (χ4v) is 2.77. The molecule has 1 rings (SSSR count). The molecule has 1 unspecified atom stereocenters. The quantitative estimate of drug-likeness (QED) is 0.543. The van der Waals surface area contributed by atoms with Gasteiger partial charge in [-0.3, -0.25) is 4.90 Å². The van der Waals surface area contributed by atoms with Gasteiger partial charge in [0.25, 0.3) is 0 Å². The van der Waals surface area contributed by atoms with Crippen LogP contribution < -0.4 is 0 Å². The molecule has 0 aromatic carbocycles. The maximum Gasteiger partial charge on any atom is 0.0195 e. The predicted octanol–water partition coefficient (Wildman–Crippen LogP) is 2.50. The molecule has 0 radical (unpaired) electrons. The van der Waals surface area contributed by atoms with E-state index in [-0.39, 0.29) is 0 Å². The lowest BCUT2D eigenvalue weighted by molar-refractivity contribution is 0.0869. The Kier molecular flexibility index (Phi) is 7.50. The monoisotopic (exact) mass is 244 g/mol. The molecule has 1 aliphatic heterocycles. The van der Waals surface area contributed by atoms with Gasteiger partial charge in [0.05, 0.1) is 0 Å². The average molecular weight is 244 g/mol. The van der Waals surface area contributed by atoms with E-state index in [1.165, 1.54) is 58.4 Å². The van der Waals surface area contributed by atoms with Crippen LogP contribution >= 0.6 is 12.6 Å². The van der Waals surface area contributed by atoms with Crippen LogP contribution in [0, 0.1) is 0 Å². The predicted molar refractivity (Wildman–Crippen MR) is 75.5 cm³/mol. The van der Waals surface area contributed by atoms with Gasteiger partial charge in [0.1, 0.15) is 0 Å². The van der Waals surface area contributed by atoms with Crippen molar-refractivity contribution in [3.63, 3.8) is 0 Å². The molecule has 0 saturated carbocycles. The molecule has 0 amide bonds. The van der Waals surface area contributed by atoms with E-state index < -0.39 is 0 Å². The fraction of sp³-hybridized carbons (Fsp3) is 1.00. The van der Waals surface area contributed by atoms with Gasteiger partial charge in [-0.15, -0.1) is 0 Å². The number of unbranched alkanes of at least 4 members (excludes halogenated alkanes) is 3. The minimum Gasteiger partial charge on any atom is -0.301 e. The zero-order valence-corrected chi connectivity index (χ0v) is 11.9. The van der Waals surface area contributed by atoms with Crippen molar-refractivity contribution in [3.8, 4) is 0 Å². The lowest BCUT2D eigenvalue weighted by atomic mass is 10.1. The molecule has 2 nitrogen and oxygen atoms in total. The molecule has 1 saturated heterocycles. The van der Waals surface area contributed by atoms with Crippen molar-refractivity contribution in [3.05, 3.63) is 0 Å². The van der Waals surface area contributed by atoms with Crippen molar-refractivity contribution in [2.24, 2.45) is 0 Å². The van der Waals surface area contributed by atoms with Gasteiger partial charge in [0, 0.05) is 25.7 Å². The van der Waals surface area contributed by atoms with Crippen LogP contribution in [0.2, 0.25) is 0 Å². The molecule has 1 atom stereocenters. The number of hydrogen-bond acceptors (Lipinski definition) is 3. The second-order valence-electron chi connectivity index (χ2n) is 4.92. The van der Waals surface area contributed by atoms with Crippen molar-refractivity contribution in [1.82, 2.24) is 9.80 Å². The third-order valence-corrected chi connectivity index (χ3v) is 3.95. The normalized spacial score (nSPS) is 23.8. The number of hydrogen-bond donors (Lipinski definition) is 1. The highest BCUT2D eigenvalue weighted by atomic mass is 32.1. The van der Waals surface area contributed by atoms with E-state index in [0.717, 1.165) is 11.8 Å². The number of likely N-dealkylation sites (N-methyl/N-ethyl adjacent to an activating group) is 1. The second-order valence-corrected chi connectivity index (χ2v) is 5.36. The van der Waals surface area contributed by atoms with E-state index in [9.17, 15) is 0 Å². The van der Waals surface area contributed by atoms with Crippen molar-refractivity contribution in [2.75, 3.05) is 38.5 Å². The molecule has 3 heteroatoms. The van der Waals surface area contributed by atoms with Crippen molar-refractivity contribution >= 4 is 12.6 Å². The Bertz CT molecular complexity index is 175. The number of piperazine rings is 1. The topological polar surface area (TPSA) is 6.48 Å². The second kappa shape index (κ2) is 8.37. The number of thiol groups is 1. The van der Waals surface area contributed by atoms with E-state index in [2.05, 4.69) is 36.3 Å². The van der Waals surface area contributed by atoms with Crippen LogP contribution in [0.4, 0.5) is 0 Å². The average Bonchev–Trinajstić information content (AvgIpc) is 2.29. The van der Waals surface area contributed by atoms with Crippen LogP contribution in [0.25, 0.3) is 0 Å². The van der Waals surface area contributed by atoms with Gasteiger partial charge in [-0.05, 0) is 38.6 Å². The maximum absolute atomic E-state index is 4.24. The first-order chi connectivity index (χ1) is 7.77. The molecule has 1 aliphatic rings. The Morgan fingerprint density at radius 3 is 2.50 bits per heavy atom. The summed E-state index contributed by atoms with van der Waals surface area (Å²) >= 11 is 4.24. The SMILES string of the molecule is CCN1CCN(CCCCCCS)CC1C. The van der Waals surface area contributed by atoms with E-state index in [0.29, 0.717) is 0 Å². The van der Waals surface area contributed by atoms with Crippen molar-refractivity contribution in [2.45, 2.75) is 45.6 Å². The molecular formula is C13H28N2S. The van der Waals surface area contributed by atoms with Crippen LogP contribution in [-0.2, 0) is 0 Å². The van der Waals surface area contributed by atoms with Gasteiger partial charge in [-0.2, -0.15) is 12.6 Å². The first kappa shape index (κ1) is 14.3. The highest BCUT2D eigenvalue weighted by Crippen LogP contribution is 2.10. The lowest BCUT2D eigenvalue weighted by Gasteiger charge is -2.39. The van der Waals surface area contributed by atoms with Crippen LogP contribution in [0.1, 0.15) is 39.5 Å².